The van der Waals surface area contributed by atoms with Crippen LogP contribution in [0.25, 0.3) is 0 Å². The van der Waals surface area contributed by atoms with Gasteiger partial charge in [0.05, 0.1) is 4.32 Å². The van der Waals surface area contributed by atoms with E-state index in [9.17, 15) is 0 Å². The zero-order valence-corrected chi connectivity index (χ0v) is 9.71. The van der Waals surface area contributed by atoms with Gasteiger partial charge in [-0.1, -0.05) is 66.2 Å². The van der Waals surface area contributed by atoms with Gasteiger partial charge in [-0.2, -0.15) is 0 Å². The highest BCUT2D eigenvalue weighted by Crippen LogP contribution is 2.39. The molecule has 0 aliphatic rings. The van der Waals surface area contributed by atoms with Gasteiger partial charge in [0.2, 0.25) is 0 Å². The predicted octanol–water partition coefficient (Wildman–Crippen LogP) is 4.12. The lowest BCUT2D eigenvalue weighted by Gasteiger charge is -2.28. The maximum absolute atomic E-state index is 3.88. The number of benzene rings is 1. The number of hydrogen-bond acceptors (Lipinski definition) is 0. The lowest BCUT2D eigenvalue weighted by molar-refractivity contribution is 0.543. The summed E-state index contributed by atoms with van der Waals surface area (Å²) in [6, 6.07) is 10.4. The van der Waals surface area contributed by atoms with Gasteiger partial charge in [0.15, 0.2) is 0 Å². The third kappa shape index (κ3) is 2.02. The topological polar surface area (TPSA) is 0 Å². The Bertz CT molecular complexity index is 276. The molecule has 13 heavy (non-hydrogen) atoms. The van der Waals surface area contributed by atoms with Crippen LogP contribution in [0.4, 0.5) is 0 Å². The van der Waals surface area contributed by atoms with E-state index in [4.69, 9.17) is 0 Å². The molecule has 0 saturated carbocycles. The Morgan fingerprint density at radius 1 is 1.31 bits per heavy atom. The Balaban J connectivity index is 3.10. The minimum absolute atomic E-state index is 0.0890. The standard InChI is InChI=1S/C12H15Br/c1-4-12(13,10(2)3)11-8-6-5-7-9-11/h4-10H,1H2,2-3H3. The first-order valence-corrected chi connectivity index (χ1v) is 5.28. The van der Waals surface area contributed by atoms with Gasteiger partial charge < -0.3 is 0 Å². The summed E-state index contributed by atoms with van der Waals surface area (Å²) in [5, 5.41) is 0. The van der Waals surface area contributed by atoms with Crippen LogP contribution in [0, 0.1) is 5.92 Å². The van der Waals surface area contributed by atoms with Crippen LogP contribution in [-0.4, -0.2) is 0 Å². The quantitative estimate of drug-likeness (QED) is 0.549. The fourth-order valence-electron chi connectivity index (χ4n) is 1.38. The summed E-state index contributed by atoms with van der Waals surface area (Å²) in [7, 11) is 0. The van der Waals surface area contributed by atoms with Crippen LogP contribution < -0.4 is 0 Å². The Kier molecular flexibility index (Phi) is 3.32. The molecule has 0 fully saturated rings. The van der Waals surface area contributed by atoms with Crippen molar-refractivity contribution in [3.05, 3.63) is 48.6 Å². The maximum Gasteiger partial charge on any atom is 0.0705 e. The van der Waals surface area contributed by atoms with Crippen LogP contribution in [0.1, 0.15) is 19.4 Å². The number of halogens is 1. The lowest BCUT2D eigenvalue weighted by atomic mass is 9.88. The number of rotatable bonds is 3. The van der Waals surface area contributed by atoms with E-state index in [-0.39, 0.29) is 4.32 Å². The van der Waals surface area contributed by atoms with Crippen molar-refractivity contribution in [2.45, 2.75) is 18.2 Å². The van der Waals surface area contributed by atoms with E-state index >= 15 is 0 Å². The van der Waals surface area contributed by atoms with Gasteiger partial charge in [-0.3, -0.25) is 0 Å². The van der Waals surface area contributed by atoms with Gasteiger partial charge in [0.25, 0.3) is 0 Å². The molecule has 1 aromatic rings. The van der Waals surface area contributed by atoms with E-state index in [1.807, 2.05) is 12.1 Å². The van der Waals surface area contributed by atoms with Crippen molar-refractivity contribution in [2.75, 3.05) is 0 Å². The van der Waals surface area contributed by atoms with Crippen LogP contribution in [0.5, 0.6) is 0 Å². The molecule has 0 nitrogen and oxygen atoms in total. The highest BCUT2D eigenvalue weighted by molar-refractivity contribution is 9.09. The molecule has 0 radical (unpaired) electrons. The molecule has 0 amide bonds. The first-order chi connectivity index (χ1) is 6.11. The molecule has 1 aromatic carbocycles. The van der Waals surface area contributed by atoms with Crippen molar-refractivity contribution in [3.63, 3.8) is 0 Å². The molecule has 0 aromatic heterocycles. The van der Waals surface area contributed by atoms with Crippen molar-refractivity contribution in [1.82, 2.24) is 0 Å². The van der Waals surface area contributed by atoms with E-state index in [1.54, 1.807) is 0 Å². The summed E-state index contributed by atoms with van der Waals surface area (Å²) in [6.07, 6.45) is 1.97. The average Bonchev–Trinajstić information content (AvgIpc) is 2.17. The zero-order valence-electron chi connectivity index (χ0n) is 8.13. The van der Waals surface area contributed by atoms with E-state index in [0.717, 1.165) is 0 Å². The van der Waals surface area contributed by atoms with Crippen molar-refractivity contribution in [3.8, 4) is 0 Å². The summed E-state index contributed by atoms with van der Waals surface area (Å²) in [4.78, 5) is 0. The maximum atomic E-state index is 3.88. The predicted molar refractivity (Wildman–Crippen MR) is 62.1 cm³/mol. The summed E-state index contributed by atoms with van der Waals surface area (Å²) in [6.45, 7) is 8.25. The van der Waals surface area contributed by atoms with Crippen LogP contribution in [0.15, 0.2) is 43.0 Å². The van der Waals surface area contributed by atoms with Crippen LogP contribution >= 0.6 is 15.9 Å². The minimum atomic E-state index is -0.0890. The highest BCUT2D eigenvalue weighted by Gasteiger charge is 2.28. The van der Waals surface area contributed by atoms with Crippen molar-refractivity contribution < 1.29 is 0 Å². The number of allylic oxidation sites excluding steroid dienone is 1. The van der Waals surface area contributed by atoms with Crippen molar-refractivity contribution >= 4 is 15.9 Å². The number of hydrogen-bond donors (Lipinski definition) is 0. The molecule has 1 rings (SSSR count). The lowest BCUT2D eigenvalue weighted by Crippen LogP contribution is -2.21. The highest BCUT2D eigenvalue weighted by atomic mass is 79.9. The smallest absolute Gasteiger partial charge is 0.0705 e. The van der Waals surface area contributed by atoms with E-state index in [2.05, 4.69) is 60.6 Å². The zero-order chi connectivity index (χ0) is 9.90. The summed E-state index contributed by atoms with van der Waals surface area (Å²) in [5.74, 6) is 0.493. The Labute approximate surface area is 88.8 Å². The second kappa shape index (κ2) is 4.10. The summed E-state index contributed by atoms with van der Waals surface area (Å²) < 4.78 is -0.0890. The van der Waals surface area contributed by atoms with Gasteiger partial charge in [-0.05, 0) is 11.5 Å². The molecular formula is C12H15Br. The van der Waals surface area contributed by atoms with E-state index in [0.29, 0.717) is 5.92 Å². The second-order valence-electron chi connectivity index (χ2n) is 3.49. The molecule has 0 heterocycles. The molecule has 1 atom stereocenters. The third-order valence-electron chi connectivity index (χ3n) is 2.35. The second-order valence-corrected chi connectivity index (χ2v) is 4.81. The molecule has 0 bridgehead atoms. The first-order valence-electron chi connectivity index (χ1n) is 4.49. The molecule has 0 saturated heterocycles. The minimum Gasteiger partial charge on any atom is -0.101 e. The summed E-state index contributed by atoms with van der Waals surface area (Å²) in [5.41, 5.74) is 1.26. The van der Waals surface area contributed by atoms with E-state index in [1.165, 1.54) is 5.56 Å². The monoisotopic (exact) mass is 238 g/mol. The Morgan fingerprint density at radius 3 is 2.23 bits per heavy atom. The molecule has 1 unspecified atom stereocenters. The van der Waals surface area contributed by atoms with Gasteiger partial charge >= 0.3 is 0 Å². The molecule has 70 valence electrons. The van der Waals surface area contributed by atoms with Gasteiger partial charge in [-0.25, -0.2) is 0 Å². The van der Waals surface area contributed by atoms with Gasteiger partial charge in [0, 0.05) is 0 Å². The van der Waals surface area contributed by atoms with Crippen LogP contribution in [0.3, 0.4) is 0 Å². The van der Waals surface area contributed by atoms with Crippen LogP contribution in [-0.2, 0) is 4.32 Å². The van der Waals surface area contributed by atoms with Crippen molar-refractivity contribution in [1.29, 1.82) is 0 Å². The molecular weight excluding hydrogens is 224 g/mol. The Morgan fingerprint density at radius 2 is 1.85 bits per heavy atom. The number of alkyl halides is 1. The first kappa shape index (κ1) is 10.5. The molecule has 1 heteroatoms. The van der Waals surface area contributed by atoms with Crippen molar-refractivity contribution in [2.24, 2.45) is 5.92 Å². The molecule has 0 aliphatic carbocycles. The average molecular weight is 239 g/mol. The summed E-state index contributed by atoms with van der Waals surface area (Å²) >= 11 is 3.74. The SMILES string of the molecule is C=CC(Br)(c1ccccc1)C(C)C. The molecule has 0 spiro atoms. The Hall–Kier alpha value is -0.560. The van der Waals surface area contributed by atoms with Gasteiger partial charge in [-0.15, -0.1) is 6.58 Å². The fraction of sp³-hybridized carbons (Fsp3) is 0.333. The molecule has 0 N–H and O–H groups in total. The normalized spacial score (nSPS) is 15.4. The third-order valence-corrected chi connectivity index (χ3v) is 4.05. The van der Waals surface area contributed by atoms with Gasteiger partial charge in [0.1, 0.15) is 0 Å². The largest absolute Gasteiger partial charge is 0.101 e. The van der Waals surface area contributed by atoms with E-state index < -0.39 is 0 Å². The van der Waals surface area contributed by atoms with Crippen LogP contribution in [0.2, 0.25) is 0 Å². The fourth-order valence-corrected chi connectivity index (χ4v) is 1.64. The molecule has 0 aliphatic heterocycles.